The third-order valence-electron chi connectivity index (χ3n) is 2.32. The lowest BCUT2D eigenvalue weighted by atomic mass is 9.94. The summed E-state index contributed by atoms with van der Waals surface area (Å²) in [5.74, 6) is -1.37. The zero-order chi connectivity index (χ0) is 12.2. The van der Waals surface area contributed by atoms with Gasteiger partial charge in [-0.1, -0.05) is 34.7 Å². The number of aliphatic hydroxyl groups excluding tert-OH is 1. The fourth-order valence-corrected chi connectivity index (χ4v) is 2.15. The number of aliphatic hydroxyl groups is 1. The molecule has 5 heteroatoms. The van der Waals surface area contributed by atoms with Crippen LogP contribution in [-0.4, -0.2) is 22.8 Å². The molecule has 1 atom stereocenters. The summed E-state index contributed by atoms with van der Waals surface area (Å²) in [6.45, 7) is -0.0563. The number of halogens is 2. The van der Waals surface area contributed by atoms with Crippen LogP contribution in [0.4, 0.5) is 4.39 Å². The molecule has 1 rings (SSSR count). The van der Waals surface area contributed by atoms with E-state index in [0.29, 0.717) is 18.4 Å². The standard InChI is InChI=1S/C11H12FIO3/c12-9-4-2-8(3-5-9)11(13,10(15)16)6-1-7-14/h2-5,14H,1,6-7H2,(H,15,16). The average molecular weight is 338 g/mol. The van der Waals surface area contributed by atoms with Crippen molar-refractivity contribution in [1.29, 1.82) is 0 Å². The van der Waals surface area contributed by atoms with E-state index in [0.717, 1.165) is 0 Å². The molecule has 2 N–H and O–H groups in total. The number of hydrogen-bond donors (Lipinski definition) is 2. The van der Waals surface area contributed by atoms with Crippen LogP contribution >= 0.6 is 22.6 Å². The summed E-state index contributed by atoms with van der Waals surface area (Å²) in [6, 6.07) is 5.41. The molecule has 0 amide bonds. The van der Waals surface area contributed by atoms with E-state index < -0.39 is 15.2 Å². The zero-order valence-corrected chi connectivity index (χ0v) is 10.6. The lowest BCUT2D eigenvalue weighted by Gasteiger charge is -2.23. The van der Waals surface area contributed by atoms with E-state index in [1.807, 2.05) is 22.6 Å². The monoisotopic (exact) mass is 338 g/mol. The van der Waals surface area contributed by atoms with Gasteiger partial charge in [0.1, 0.15) is 9.24 Å². The molecule has 0 aliphatic heterocycles. The Morgan fingerprint density at radius 2 is 1.94 bits per heavy atom. The zero-order valence-electron chi connectivity index (χ0n) is 8.49. The van der Waals surface area contributed by atoms with E-state index in [9.17, 15) is 14.3 Å². The van der Waals surface area contributed by atoms with Crippen molar-refractivity contribution in [3.05, 3.63) is 35.6 Å². The first kappa shape index (κ1) is 13.4. The molecule has 0 heterocycles. The maximum Gasteiger partial charge on any atom is 0.324 e. The van der Waals surface area contributed by atoms with Crippen LogP contribution in [0.2, 0.25) is 0 Å². The first-order chi connectivity index (χ1) is 7.50. The number of carboxylic acid groups (broad SMARTS) is 1. The fraction of sp³-hybridized carbons (Fsp3) is 0.364. The third kappa shape index (κ3) is 2.91. The molecule has 1 aromatic rings. The number of benzene rings is 1. The van der Waals surface area contributed by atoms with Crippen LogP contribution in [0.3, 0.4) is 0 Å². The van der Waals surface area contributed by atoms with Crippen molar-refractivity contribution in [2.45, 2.75) is 16.3 Å². The third-order valence-corrected chi connectivity index (χ3v) is 3.94. The van der Waals surface area contributed by atoms with Crippen molar-refractivity contribution in [1.82, 2.24) is 0 Å². The highest BCUT2D eigenvalue weighted by Gasteiger charge is 2.36. The molecule has 0 bridgehead atoms. The van der Waals surface area contributed by atoms with Gasteiger partial charge in [-0.15, -0.1) is 0 Å². The van der Waals surface area contributed by atoms with E-state index in [1.54, 1.807) is 0 Å². The Balaban J connectivity index is 3.01. The van der Waals surface area contributed by atoms with Crippen LogP contribution in [0.15, 0.2) is 24.3 Å². The molecule has 3 nitrogen and oxygen atoms in total. The molecular formula is C11H12FIO3. The Bertz CT molecular complexity index is 366. The van der Waals surface area contributed by atoms with Crippen molar-refractivity contribution < 1.29 is 19.4 Å². The molecule has 88 valence electrons. The molecule has 1 aromatic carbocycles. The van der Waals surface area contributed by atoms with E-state index >= 15 is 0 Å². The van der Waals surface area contributed by atoms with Gasteiger partial charge >= 0.3 is 5.97 Å². The predicted octanol–water partition coefficient (Wildman–Crippen LogP) is 2.31. The van der Waals surface area contributed by atoms with Crippen molar-refractivity contribution in [3.8, 4) is 0 Å². The lowest BCUT2D eigenvalue weighted by molar-refractivity contribution is -0.139. The summed E-state index contributed by atoms with van der Waals surface area (Å²) in [5, 5.41) is 17.9. The minimum atomic E-state index is -1.10. The Morgan fingerprint density at radius 1 is 1.38 bits per heavy atom. The number of rotatable bonds is 5. The first-order valence-corrected chi connectivity index (χ1v) is 5.88. The molecule has 1 unspecified atom stereocenters. The number of carbonyl (C=O) groups is 1. The smallest absolute Gasteiger partial charge is 0.324 e. The highest BCUT2D eigenvalue weighted by Crippen LogP contribution is 2.37. The molecule has 0 aromatic heterocycles. The Morgan fingerprint density at radius 3 is 2.38 bits per heavy atom. The summed E-state index contributed by atoms with van der Waals surface area (Å²) in [6.07, 6.45) is 0.706. The Hall–Kier alpha value is -0.690. The van der Waals surface area contributed by atoms with E-state index in [4.69, 9.17) is 5.11 Å². The van der Waals surface area contributed by atoms with Crippen molar-refractivity contribution >= 4 is 28.6 Å². The van der Waals surface area contributed by atoms with Gasteiger partial charge in [0, 0.05) is 6.61 Å². The summed E-state index contributed by atoms with van der Waals surface area (Å²) >= 11 is 1.83. The van der Waals surface area contributed by atoms with E-state index in [1.165, 1.54) is 24.3 Å². The molecule has 16 heavy (non-hydrogen) atoms. The van der Waals surface area contributed by atoms with Crippen LogP contribution < -0.4 is 0 Å². The van der Waals surface area contributed by atoms with Gasteiger partial charge in [0.25, 0.3) is 0 Å². The molecule has 0 fully saturated rings. The van der Waals surface area contributed by atoms with Crippen LogP contribution in [0.1, 0.15) is 18.4 Å². The summed E-state index contributed by atoms with van der Waals surface area (Å²) in [5.41, 5.74) is 0.537. The highest BCUT2D eigenvalue weighted by atomic mass is 127. The van der Waals surface area contributed by atoms with Gasteiger partial charge in [-0.05, 0) is 30.5 Å². The van der Waals surface area contributed by atoms with Crippen LogP contribution in [0.5, 0.6) is 0 Å². The molecule has 0 aliphatic rings. The molecule has 0 saturated heterocycles. The lowest BCUT2D eigenvalue weighted by Crippen LogP contribution is -2.29. The van der Waals surface area contributed by atoms with Gasteiger partial charge < -0.3 is 10.2 Å². The minimum Gasteiger partial charge on any atom is -0.480 e. The Labute approximate surface area is 106 Å². The molecule has 0 spiro atoms. The summed E-state index contributed by atoms with van der Waals surface area (Å²) in [7, 11) is 0. The molecule has 0 aliphatic carbocycles. The maximum absolute atomic E-state index is 12.7. The van der Waals surface area contributed by atoms with Crippen molar-refractivity contribution in [2.24, 2.45) is 0 Å². The molecular weight excluding hydrogens is 326 g/mol. The van der Waals surface area contributed by atoms with Crippen molar-refractivity contribution in [2.75, 3.05) is 6.61 Å². The molecule has 0 saturated carbocycles. The second-order valence-corrected chi connectivity index (χ2v) is 5.28. The number of alkyl halides is 1. The highest BCUT2D eigenvalue weighted by molar-refractivity contribution is 14.1. The predicted molar refractivity (Wildman–Crippen MR) is 66.1 cm³/mol. The van der Waals surface area contributed by atoms with Crippen LogP contribution in [0.25, 0.3) is 0 Å². The van der Waals surface area contributed by atoms with E-state index in [2.05, 4.69) is 0 Å². The minimum absolute atomic E-state index is 0.0563. The Kier molecular flexibility index (Phi) is 4.67. The van der Waals surface area contributed by atoms with Gasteiger partial charge in [-0.3, -0.25) is 4.79 Å². The van der Waals surface area contributed by atoms with Gasteiger partial charge in [0.05, 0.1) is 0 Å². The van der Waals surface area contributed by atoms with Gasteiger partial charge in [-0.2, -0.15) is 0 Å². The van der Waals surface area contributed by atoms with Gasteiger partial charge in [0.15, 0.2) is 0 Å². The van der Waals surface area contributed by atoms with Crippen LogP contribution in [0, 0.1) is 5.82 Å². The van der Waals surface area contributed by atoms with Gasteiger partial charge in [0.2, 0.25) is 0 Å². The quantitative estimate of drug-likeness (QED) is 0.640. The molecule has 0 radical (unpaired) electrons. The number of carboxylic acids is 1. The second-order valence-electron chi connectivity index (χ2n) is 3.44. The van der Waals surface area contributed by atoms with E-state index in [-0.39, 0.29) is 6.61 Å². The first-order valence-electron chi connectivity index (χ1n) is 4.80. The summed E-state index contributed by atoms with van der Waals surface area (Å²) < 4.78 is 11.6. The number of aliphatic carboxylic acids is 1. The number of hydrogen-bond acceptors (Lipinski definition) is 2. The maximum atomic E-state index is 12.7. The van der Waals surface area contributed by atoms with Crippen molar-refractivity contribution in [3.63, 3.8) is 0 Å². The normalized spacial score (nSPS) is 14.4. The second kappa shape index (κ2) is 5.58. The average Bonchev–Trinajstić information content (AvgIpc) is 2.26. The topological polar surface area (TPSA) is 57.5 Å². The fourth-order valence-electron chi connectivity index (χ4n) is 1.41. The SMILES string of the molecule is O=C(O)C(I)(CCCO)c1ccc(F)cc1. The van der Waals surface area contributed by atoms with Crippen LogP contribution in [-0.2, 0) is 8.22 Å². The summed E-state index contributed by atoms with van der Waals surface area (Å²) in [4.78, 5) is 11.2. The largest absolute Gasteiger partial charge is 0.480 e. The van der Waals surface area contributed by atoms with Gasteiger partial charge in [-0.25, -0.2) is 4.39 Å².